The van der Waals surface area contributed by atoms with E-state index < -0.39 is 0 Å². The first-order valence-electron chi connectivity index (χ1n) is 8.83. The summed E-state index contributed by atoms with van der Waals surface area (Å²) < 4.78 is 13.0. The molecular formula is C18H28FN3O+2. The maximum atomic E-state index is 13.0. The van der Waals surface area contributed by atoms with Crippen molar-refractivity contribution in [3.8, 4) is 0 Å². The zero-order valence-corrected chi connectivity index (χ0v) is 13.7. The molecule has 2 saturated heterocycles. The second kappa shape index (κ2) is 6.97. The Morgan fingerprint density at radius 1 is 1.04 bits per heavy atom. The van der Waals surface area contributed by atoms with E-state index in [0.717, 1.165) is 51.1 Å². The predicted molar refractivity (Wildman–Crippen MR) is 86.5 cm³/mol. The standard InChI is InChI=1S/C18H26FN3O/c19-16-6-4-15(5-7-16)14-21-12-8-18(9-13-21,17(20)23)22-10-2-1-3-11-22/h4-7H,1-3,8-14H2,(H2,20,23)/p+2. The molecule has 2 aliphatic heterocycles. The van der Waals surface area contributed by atoms with E-state index in [4.69, 9.17) is 5.73 Å². The summed E-state index contributed by atoms with van der Waals surface area (Å²) in [6, 6.07) is 6.75. The van der Waals surface area contributed by atoms with Crippen LogP contribution < -0.4 is 15.5 Å². The fraction of sp³-hybridized carbons (Fsp3) is 0.611. The van der Waals surface area contributed by atoms with Gasteiger partial charge in [0.05, 0.1) is 39.0 Å². The summed E-state index contributed by atoms with van der Waals surface area (Å²) in [5.41, 5.74) is 6.63. The van der Waals surface area contributed by atoms with Gasteiger partial charge in [-0.05, 0) is 31.4 Å². The summed E-state index contributed by atoms with van der Waals surface area (Å²) in [6.07, 6.45) is 5.43. The molecule has 1 aromatic carbocycles. The molecule has 0 aromatic heterocycles. The molecule has 126 valence electrons. The van der Waals surface area contributed by atoms with Crippen molar-refractivity contribution in [2.24, 2.45) is 5.73 Å². The van der Waals surface area contributed by atoms with Crippen molar-refractivity contribution in [3.05, 3.63) is 35.6 Å². The number of nitrogens with two attached hydrogens (primary N) is 1. The molecule has 1 aromatic rings. The molecule has 2 aliphatic rings. The summed E-state index contributed by atoms with van der Waals surface area (Å²) in [5.74, 6) is -0.306. The SMILES string of the molecule is NC(=O)C1([NH+]2CCCCC2)CC[NH+](Cc2ccc(F)cc2)CC1. The smallest absolute Gasteiger partial charge is 0.279 e. The van der Waals surface area contributed by atoms with Crippen LogP contribution in [-0.4, -0.2) is 37.6 Å². The van der Waals surface area contributed by atoms with Gasteiger partial charge in [-0.15, -0.1) is 0 Å². The number of quaternary nitrogens is 2. The Hall–Kier alpha value is -1.46. The van der Waals surface area contributed by atoms with Crippen LogP contribution in [-0.2, 0) is 11.3 Å². The molecule has 23 heavy (non-hydrogen) atoms. The van der Waals surface area contributed by atoms with Gasteiger partial charge in [0.1, 0.15) is 12.4 Å². The first kappa shape index (κ1) is 16.4. The molecule has 2 fully saturated rings. The largest absolute Gasteiger partial charge is 0.364 e. The molecule has 0 atom stereocenters. The van der Waals surface area contributed by atoms with Crippen LogP contribution in [0.5, 0.6) is 0 Å². The van der Waals surface area contributed by atoms with E-state index in [-0.39, 0.29) is 17.3 Å². The third kappa shape index (κ3) is 3.56. The molecular weight excluding hydrogens is 293 g/mol. The Labute approximate surface area is 137 Å². The maximum absolute atomic E-state index is 13.0. The van der Waals surface area contributed by atoms with E-state index in [9.17, 15) is 9.18 Å². The van der Waals surface area contributed by atoms with Crippen molar-refractivity contribution in [2.45, 2.75) is 44.2 Å². The molecule has 1 amide bonds. The lowest BCUT2D eigenvalue weighted by atomic mass is 9.83. The van der Waals surface area contributed by atoms with Gasteiger partial charge >= 0.3 is 0 Å². The van der Waals surface area contributed by atoms with Gasteiger partial charge in [-0.1, -0.05) is 12.1 Å². The Morgan fingerprint density at radius 3 is 2.22 bits per heavy atom. The third-order valence-electron chi connectivity index (χ3n) is 5.78. The van der Waals surface area contributed by atoms with Crippen LogP contribution in [0.15, 0.2) is 24.3 Å². The highest BCUT2D eigenvalue weighted by molar-refractivity contribution is 5.83. The number of hydrogen-bond donors (Lipinski definition) is 3. The molecule has 0 unspecified atom stereocenters. The number of carbonyl (C=O) groups is 1. The van der Waals surface area contributed by atoms with Crippen LogP contribution in [0, 0.1) is 5.82 Å². The summed E-state index contributed by atoms with van der Waals surface area (Å²) in [5, 5.41) is 0. The van der Waals surface area contributed by atoms with Gasteiger partial charge in [-0.2, -0.15) is 0 Å². The number of nitrogens with one attached hydrogen (secondary N) is 2. The number of rotatable bonds is 4. The Kier molecular flexibility index (Phi) is 4.97. The third-order valence-corrected chi connectivity index (χ3v) is 5.78. The van der Waals surface area contributed by atoms with E-state index in [2.05, 4.69) is 0 Å². The lowest BCUT2D eigenvalue weighted by Gasteiger charge is -2.43. The topological polar surface area (TPSA) is 52.0 Å². The van der Waals surface area contributed by atoms with E-state index in [1.165, 1.54) is 41.2 Å². The van der Waals surface area contributed by atoms with Gasteiger partial charge in [0.25, 0.3) is 5.91 Å². The van der Waals surface area contributed by atoms with Gasteiger partial charge in [0.15, 0.2) is 5.54 Å². The van der Waals surface area contributed by atoms with Crippen LogP contribution in [0.4, 0.5) is 4.39 Å². The van der Waals surface area contributed by atoms with Crippen molar-refractivity contribution >= 4 is 5.91 Å². The second-order valence-electron chi connectivity index (χ2n) is 7.16. The predicted octanol–water partition coefficient (Wildman–Crippen LogP) is -0.703. The highest BCUT2D eigenvalue weighted by Crippen LogP contribution is 2.15. The minimum atomic E-state index is -0.354. The lowest BCUT2D eigenvalue weighted by molar-refractivity contribution is -0.978. The van der Waals surface area contributed by atoms with Crippen LogP contribution >= 0.6 is 0 Å². The summed E-state index contributed by atoms with van der Waals surface area (Å²) in [6.45, 7) is 4.98. The zero-order chi connectivity index (χ0) is 16.3. The summed E-state index contributed by atoms with van der Waals surface area (Å²) >= 11 is 0. The van der Waals surface area contributed by atoms with Crippen molar-refractivity contribution in [2.75, 3.05) is 26.2 Å². The molecule has 4 N–H and O–H groups in total. The molecule has 0 radical (unpaired) electrons. The van der Waals surface area contributed by atoms with E-state index in [1.807, 2.05) is 12.1 Å². The monoisotopic (exact) mass is 321 g/mol. The molecule has 0 bridgehead atoms. The molecule has 2 heterocycles. The van der Waals surface area contributed by atoms with Crippen molar-refractivity contribution in [1.29, 1.82) is 0 Å². The summed E-state index contributed by atoms with van der Waals surface area (Å²) in [4.78, 5) is 15.1. The van der Waals surface area contributed by atoms with Crippen LogP contribution in [0.2, 0.25) is 0 Å². The number of carbonyl (C=O) groups excluding carboxylic acids is 1. The maximum Gasteiger partial charge on any atom is 0.279 e. The molecule has 4 nitrogen and oxygen atoms in total. The lowest BCUT2D eigenvalue weighted by Crippen LogP contribution is -3.25. The highest BCUT2D eigenvalue weighted by Gasteiger charge is 2.50. The number of benzene rings is 1. The van der Waals surface area contributed by atoms with E-state index in [1.54, 1.807) is 0 Å². The second-order valence-corrected chi connectivity index (χ2v) is 7.16. The normalized spacial score (nSPS) is 29.3. The van der Waals surface area contributed by atoms with Gasteiger partial charge < -0.3 is 15.5 Å². The zero-order valence-electron chi connectivity index (χ0n) is 13.7. The summed E-state index contributed by atoms with van der Waals surface area (Å²) in [7, 11) is 0. The molecule has 0 spiro atoms. The highest BCUT2D eigenvalue weighted by atomic mass is 19.1. The van der Waals surface area contributed by atoms with Crippen molar-refractivity contribution in [1.82, 2.24) is 0 Å². The number of amides is 1. The quantitative estimate of drug-likeness (QED) is 0.675. The Bertz CT molecular complexity index is 532. The Morgan fingerprint density at radius 2 is 1.65 bits per heavy atom. The van der Waals surface area contributed by atoms with Crippen LogP contribution in [0.3, 0.4) is 0 Å². The molecule has 0 saturated carbocycles. The Balaban J connectivity index is 1.62. The number of hydrogen-bond acceptors (Lipinski definition) is 1. The van der Waals surface area contributed by atoms with Crippen molar-refractivity contribution in [3.63, 3.8) is 0 Å². The molecule has 3 rings (SSSR count). The van der Waals surface area contributed by atoms with E-state index in [0.29, 0.717) is 0 Å². The van der Waals surface area contributed by atoms with Gasteiger partial charge in [0, 0.05) is 5.56 Å². The average Bonchev–Trinajstić information content (AvgIpc) is 2.58. The fourth-order valence-corrected chi connectivity index (χ4v) is 4.33. The minimum Gasteiger partial charge on any atom is -0.364 e. The van der Waals surface area contributed by atoms with Crippen LogP contribution in [0.25, 0.3) is 0 Å². The molecule has 0 aliphatic carbocycles. The number of primary amides is 1. The molecule has 5 heteroatoms. The van der Waals surface area contributed by atoms with E-state index >= 15 is 0 Å². The first-order valence-corrected chi connectivity index (χ1v) is 8.83. The first-order chi connectivity index (χ1) is 11.1. The van der Waals surface area contributed by atoms with Crippen molar-refractivity contribution < 1.29 is 19.0 Å². The average molecular weight is 321 g/mol. The minimum absolute atomic E-state index is 0.116. The number of piperidine rings is 2. The van der Waals surface area contributed by atoms with Gasteiger partial charge in [-0.3, -0.25) is 4.79 Å². The van der Waals surface area contributed by atoms with Gasteiger partial charge in [-0.25, -0.2) is 4.39 Å². The number of likely N-dealkylation sites (tertiary alicyclic amines) is 2. The van der Waals surface area contributed by atoms with Crippen LogP contribution in [0.1, 0.15) is 37.7 Å². The fourth-order valence-electron chi connectivity index (χ4n) is 4.33. The van der Waals surface area contributed by atoms with Gasteiger partial charge in [0.2, 0.25) is 0 Å². The number of halogens is 1.